The number of carbonyl (C=O) groups excluding carboxylic acids is 1. The number of nitrogens with zero attached hydrogens (tertiary/aromatic N) is 3. The maximum atomic E-state index is 13.1. The maximum Gasteiger partial charge on any atom is 0.231 e. The molecule has 1 saturated heterocycles. The molecule has 1 aromatic carbocycles. The van der Waals surface area contributed by atoms with E-state index in [9.17, 15) is 9.18 Å². The summed E-state index contributed by atoms with van der Waals surface area (Å²) in [4.78, 5) is 18.4. The lowest BCUT2D eigenvalue weighted by Crippen LogP contribution is -2.28. The van der Waals surface area contributed by atoms with E-state index in [2.05, 4.69) is 20.7 Å². The van der Waals surface area contributed by atoms with Crippen molar-refractivity contribution in [3.63, 3.8) is 0 Å². The lowest BCUT2D eigenvalue weighted by molar-refractivity contribution is -0.119. The van der Waals surface area contributed by atoms with E-state index in [0.717, 1.165) is 28.2 Å². The summed E-state index contributed by atoms with van der Waals surface area (Å²) in [5.74, 6) is -0.325. The number of aryl methyl sites for hydroxylation is 2. The lowest BCUT2D eigenvalue weighted by Gasteiger charge is -2.15. The highest BCUT2D eigenvalue weighted by Crippen LogP contribution is 2.30. The van der Waals surface area contributed by atoms with Gasteiger partial charge in [-0.05, 0) is 30.2 Å². The molecule has 154 valence electrons. The molecule has 9 heteroatoms. The summed E-state index contributed by atoms with van der Waals surface area (Å²) in [6, 6.07) is 6.46. The zero-order valence-corrected chi connectivity index (χ0v) is 17.8. The van der Waals surface area contributed by atoms with Crippen LogP contribution in [-0.4, -0.2) is 33.8 Å². The van der Waals surface area contributed by atoms with E-state index >= 15 is 0 Å². The minimum Gasteiger partial charge on any atom is -0.315 e. The van der Waals surface area contributed by atoms with Crippen molar-refractivity contribution in [2.75, 3.05) is 18.4 Å². The highest BCUT2D eigenvalue weighted by molar-refractivity contribution is 7.15. The topological polar surface area (TPSA) is 71.8 Å². The van der Waals surface area contributed by atoms with Gasteiger partial charge in [0.1, 0.15) is 5.82 Å². The summed E-state index contributed by atoms with van der Waals surface area (Å²) < 4.78 is 14.8. The van der Waals surface area contributed by atoms with Crippen LogP contribution in [0.1, 0.15) is 27.6 Å². The number of amides is 1. The van der Waals surface area contributed by atoms with Gasteiger partial charge in [-0.3, -0.25) is 9.48 Å². The third kappa shape index (κ3) is 4.83. The Hall–Kier alpha value is -2.29. The van der Waals surface area contributed by atoms with Gasteiger partial charge in [0.2, 0.25) is 5.91 Å². The highest BCUT2D eigenvalue weighted by Gasteiger charge is 2.35. The van der Waals surface area contributed by atoms with E-state index < -0.39 is 0 Å². The van der Waals surface area contributed by atoms with Crippen molar-refractivity contribution in [2.45, 2.75) is 19.3 Å². The number of hydrogen-bond acceptors (Lipinski definition) is 5. The predicted octanol–water partition coefficient (Wildman–Crippen LogP) is 3.28. The van der Waals surface area contributed by atoms with Crippen LogP contribution in [0.2, 0.25) is 0 Å². The fraction of sp³-hybridized carbons (Fsp3) is 0.350. The van der Waals surface area contributed by atoms with Crippen LogP contribution in [0.5, 0.6) is 0 Å². The molecular weight excluding hydrogens is 413 g/mol. The SMILES string of the molecule is Cc1nc(NC(=O)[C@H]2CNC[C@@H]2c2cnn(C)c2)sc1Cc1ccc(F)cc1.Cl. The summed E-state index contributed by atoms with van der Waals surface area (Å²) in [5, 5.41) is 11.1. The largest absolute Gasteiger partial charge is 0.315 e. The molecule has 1 amide bonds. The zero-order valence-electron chi connectivity index (χ0n) is 16.2. The van der Waals surface area contributed by atoms with Gasteiger partial charge in [0, 0.05) is 43.5 Å². The molecule has 0 unspecified atom stereocenters. The molecule has 0 aliphatic carbocycles. The zero-order chi connectivity index (χ0) is 19.7. The standard InChI is InChI=1S/C20H22FN5OS.ClH/c1-12-18(7-13-3-5-15(21)6-4-13)28-20(24-12)25-19(27)17-10-22-9-16(17)14-8-23-26(2)11-14;/h3-6,8,11,16-17,22H,7,9-10H2,1-2H3,(H,24,25,27);1H/t16-,17+;/m1./s1. The van der Waals surface area contributed by atoms with Crippen molar-refractivity contribution in [1.82, 2.24) is 20.1 Å². The van der Waals surface area contributed by atoms with E-state index in [4.69, 9.17) is 0 Å². The number of carbonyl (C=O) groups is 1. The van der Waals surface area contributed by atoms with Crippen LogP contribution < -0.4 is 10.6 Å². The molecule has 2 aromatic heterocycles. The van der Waals surface area contributed by atoms with E-state index in [1.807, 2.05) is 26.4 Å². The second-order valence-corrected chi connectivity index (χ2v) is 8.22. The van der Waals surface area contributed by atoms with E-state index in [0.29, 0.717) is 18.1 Å². The molecule has 0 spiro atoms. The van der Waals surface area contributed by atoms with Crippen molar-refractivity contribution in [3.8, 4) is 0 Å². The number of halogens is 2. The summed E-state index contributed by atoms with van der Waals surface area (Å²) in [7, 11) is 1.88. The van der Waals surface area contributed by atoms with Gasteiger partial charge < -0.3 is 10.6 Å². The molecule has 1 fully saturated rings. The summed E-state index contributed by atoms with van der Waals surface area (Å²) in [5.41, 5.74) is 2.97. The molecule has 0 radical (unpaired) electrons. The molecule has 1 aliphatic heterocycles. The Balaban J connectivity index is 0.00000240. The van der Waals surface area contributed by atoms with Gasteiger partial charge in [0.05, 0.1) is 17.8 Å². The summed E-state index contributed by atoms with van der Waals surface area (Å²) >= 11 is 1.47. The van der Waals surface area contributed by atoms with Gasteiger partial charge in [-0.25, -0.2) is 9.37 Å². The Labute approximate surface area is 179 Å². The second kappa shape index (κ2) is 9.02. The van der Waals surface area contributed by atoms with Crippen molar-refractivity contribution in [1.29, 1.82) is 0 Å². The normalized spacial score (nSPS) is 18.4. The first-order valence-electron chi connectivity index (χ1n) is 9.20. The quantitative estimate of drug-likeness (QED) is 0.645. The molecule has 2 atom stereocenters. The first kappa shape index (κ1) is 21.4. The number of thiazole rings is 1. The van der Waals surface area contributed by atoms with Crippen LogP contribution in [0.3, 0.4) is 0 Å². The van der Waals surface area contributed by atoms with Crippen molar-refractivity contribution in [3.05, 3.63) is 64.2 Å². The van der Waals surface area contributed by atoms with Crippen LogP contribution in [0, 0.1) is 18.7 Å². The number of nitrogens with one attached hydrogen (secondary N) is 2. The molecule has 29 heavy (non-hydrogen) atoms. The highest BCUT2D eigenvalue weighted by atomic mass is 35.5. The van der Waals surface area contributed by atoms with Crippen LogP contribution in [0.4, 0.5) is 9.52 Å². The van der Waals surface area contributed by atoms with E-state index in [1.165, 1.54) is 23.5 Å². The molecule has 0 saturated carbocycles. The molecule has 6 nitrogen and oxygen atoms in total. The molecule has 2 N–H and O–H groups in total. The van der Waals surface area contributed by atoms with Gasteiger partial charge >= 0.3 is 0 Å². The fourth-order valence-electron chi connectivity index (χ4n) is 3.57. The van der Waals surface area contributed by atoms with Crippen LogP contribution >= 0.6 is 23.7 Å². The Kier molecular flexibility index (Phi) is 6.66. The Bertz CT molecular complexity index is 987. The molecule has 1 aliphatic rings. The van der Waals surface area contributed by atoms with Crippen molar-refractivity contribution in [2.24, 2.45) is 13.0 Å². The maximum absolute atomic E-state index is 13.1. The van der Waals surface area contributed by atoms with E-state index in [-0.39, 0.29) is 36.0 Å². The lowest BCUT2D eigenvalue weighted by atomic mass is 9.90. The van der Waals surface area contributed by atoms with Gasteiger partial charge in [0.25, 0.3) is 0 Å². The molecule has 4 rings (SSSR count). The number of hydrogen-bond donors (Lipinski definition) is 2. The fourth-order valence-corrected chi connectivity index (χ4v) is 4.57. The molecule has 0 bridgehead atoms. The molecule has 3 heterocycles. The third-order valence-corrected chi connectivity index (χ3v) is 6.18. The van der Waals surface area contributed by atoms with Gasteiger partial charge in [0.15, 0.2) is 5.13 Å². The van der Waals surface area contributed by atoms with Gasteiger partial charge in [-0.1, -0.05) is 12.1 Å². The van der Waals surface area contributed by atoms with Gasteiger partial charge in [-0.15, -0.1) is 23.7 Å². The first-order valence-corrected chi connectivity index (χ1v) is 10.0. The third-order valence-electron chi connectivity index (χ3n) is 5.10. The molecular formula is C20H23ClFN5OS. The minimum absolute atomic E-state index is 0. The average molecular weight is 436 g/mol. The number of benzene rings is 1. The minimum atomic E-state index is -0.244. The predicted molar refractivity (Wildman–Crippen MR) is 114 cm³/mol. The molecule has 3 aromatic rings. The smallest absolute Gasteiger partial charge is 0.231 e. The van der Waals surface area contributed by atoms with E-state index in [1.54, 1.807) is 16.8 Å². The van der Waals surface area contributed by atoms with Crippen LogP contribution in [0.15, 0.2) is 36.7 Å². The Morgan fingerprint density at radius 2 is 2.10 bits per heavy atom. The summed E-state index contributed by atoms with van der Waals surface area (Å²) in [6.45, 7) is 3.33. The number of aromatic nitrogens is 3. The average Bonchev–Trinajstić information content (AvgIpc) is 3.37. The van der Waals surface area contributed by atoms with Crippen LogP contribution in [-0.2, 0) is 18.3 Å². The second-order valence-electron chi connectivity index (χ2n) is 7.14. The van der Waals surface area contributed by atoms with Crippen molar-refractivity contribution < 1.29 is 9.18 Å². The summed E-state index contributed by atoms with van der Waals surface area (Å²) in [6.07, 6.45) is 4.46. The van der Waals surface area contributed by atoms with Crippen LogP contribution in [0.25, 0.3) is 0 Å². The Morgan fingerprint density at radius 3 is 2.79 bits per heavy atom. The number of rotatable bonds is 5. The first-order chi connectivity index (χ1) is 13.5. The monoisotopic (exact) mass is 435 g/mol. The van der Waals surface area contributed by atoms with Gasteiger partial charge in [-0.2, -0.15) is 5.10 Å². The Morgan fingerprint density at radius 1 is 1.34 bits per heavy atom. The van der Waals surface area contributed by atoms with Crippen molar-refractivity contribution >= 4 is 34.8 Å². The number of anilines is 1.